The number of carboxylic acids is 1. The molecule has 2 rings (SSSR count). The van der Waals surface area contributed by atoms with Gasteiger partial charge < -0.3 is 15.2 Å². The number of anilines is 1. The average Bonchev–Trinajstić information content (AvgIpc) is 2.45. The van der Waals surface area contributed by atoms with Gasteiger partial charge >= 0.3 is 5.97 Å². The van der Waals surface area contributed by atoms with Crippen molar-refractivity contribution in [2.75, 3.05) is 12.4 Å². The summed E-state index contributed by atoms with van der Waals surface area (Å²) in [6, 6.07) is 7.04. The summed E-state index contributed by atoms with van der Waals surface area (Å²) in [4.78, 5) is 26.4. The summed E-state index contributed by atoms with van der Waals surface area (Å²) in [5.41, 5.74) is 1.25. The van der Waals surface area contributed by atoms with Crippen LogP contribution in [0.2, 0.25) is 0 Å². The van der Waals surface area contributed by atoms with E-state index in [1.165, 1.54) is 7.11 Å². The van der Waals surface area contributed by atoms with E-state index in [0.717, 1.165) is 5.39 Å². The van der Waals surface area contributed by atoms with Crippen molar-refractivity contribution in [1.82, 2.24) is 4.98 Å². The number of nitrogens with one attached hydrogen (secondary N) is 1. The molecule has 0 radical (unpaired) electrons. The van der Waals surface area contributed by atoms with Gasteiger partial charge in [-0.25, -0.2) is 0 Å². The number of carbonyl (C=O) groups is 2. The largest absolute Gasteiger partial charge is 0.497 e. The first-order chi connectivity index (χ1) is 9.60. The van der Waals surface area contributed by atoms with Crippen LogP contribution in [0.3, 0.4) is 0 Å². The number of ether oxygens (including phenoxy) is 1. The van der Waals surface area contributed by atoms with Crippen LogP contribution in [0.15, 0.2) is 30.5 Å². The third-order valence-corrected chi connectivity index (χ3v) is 2.77. The SMILES string of the molecule is COc1cc(NC(=O)CCC(=O)O)c2cccnc2c1. The van der Waals surface area contributed by atoms with Crippen molar-refractivity contribution in [2.24, 2.45) is 0 Å². The number of hydrogen-bond acceptors (Lipinski definition) is 4. The van der Waals surface area contributed by atoms with Crippen LogP contribution < -0.4 is 10.1 Å². The van der Waals surface area contributed by atoms with E-state index in [1.807, 2.05) is 6.07 Å². The molecule has 0 aliphatic rings. The predicted octanol–water partition coefficient (Wildman–Crippen LogP) is 2.05. The van der Waals surface area contributed by atoms with E-state index in [-0.39, 0.29) is 18.7 Å². The van der Waals surface area contributed by atoms with Gasteiger partial charge in [-0.05, 0) is 12.1 Å². The van der Waals surface area contributed by atoms with Gasteiger partial charge in [0.2, 0.25) is 5.91 Å². The molecule has 0 aliphatic carbocycles. The Hall–Kier alpha value is -2.63. The molecule has 104 valence electrons. The summed E-state index contributed by atoms with van der Waals surface area (Å²) in [6.07, 6.45) is 1.37. The van der Waals surface area contributed by atoms with E-state index in [9.17, 15) is 9.59 Å². The smallest absolute Gasteiger partial charge is 0.303 e. The number of nitrogens with zero attached hydrogens (tertiary/aromatic N) is 1. The number of carbonyl (C=O) groups excluding carboxylic acids is 1. The molecule has 1 aromatic heterocycles. The standard InChI is InChI=1S/C14H14N2O4/c1-20-9-7-11-10(3-2-6-15-11)12(8-9)16-13(17)4-5-14(18)19/h2-3,6-8H,4-5H2,1H3,(H,16,17)(H,18,19). The van der Waals surface area contributed by atoms with Gasteiger partial charge in [0.15, 0.2) is 0 Å². The molecule has 0 spiro atoms. The topological polar surface area (TPSA) is 88.5 Å². The van der Waals surface area contributed by atoms with Crippen LogP contribution in [-0.4, -0.2) is 29.1 Å². The average molecular weight is 274 g/mol. The molecule has 0 fully saturated rings. The van der Waals surface area contributed by atoms with Crippen LogP contribution >= 0.6 is 0 Å². The van der Waals surface area contributed by atoms with E-state index in [4.69, 9.17) is 9.84 Å². The summed E-state index contributed by atoms with van der Waals surface area (Å²) in [6.45, 7) is 0. The summed E-state index contributed by atoms with van der Waals surface area (Å²) >= 11 is 0. The van der Waals surface area contributed by atoms with Crippen molar-refractivity contribution in [3.63, 3.8) is 0 Å². The van der Waals surface area contributed by atoms with Gasteiger partial charge in [-0.15, -0.1) is 0 Å². The van der Waals surface area contributed by atoms with Gasteiger partial charge in [-0.3, -0.25) is 14.6 Å². The van der Waals surface area contributed by atoms with Crippen molar-refractivity contribution in [1.29, 1.82) is 0 Å². The van der Waals surface area contributed by atoms with Gasteiger partial charge in [0.25, 0.3) is 0 Å². The highest BCUT2D eigenvalue weighted by Crippen LogP contribution is 2.28. The highest BCUT2D eigenvalue weighted by Gasteiger charge is 2.10. The number of benzene rings is 1. The Balaban J connectivity index is 2.28. The summed E-state index contributed by atoms with van der Waals surface area (Å²) in [5, 5.41) is 12.0. The molecule has 0 unspecified atom stereocenters. The second-order valence-corrected chi connectivity index (χ2v) is 4.19. The molecular weight excluding hydrogens is 260 g/mol. The highest BCUT2D eigenvalue weighted by molar-refractivity contribution is 6.02. The number of carboxylic acid groups (broad SMARTS) is 1. The molecule has 1 amide bonds. The van der Waals surface area contributed by atoms with E-state index in [1.54, 1.807) is 24.4 Å². The van der Waals surface area contributed by atoms with Gasteiger partial charge in [0, 0.05) is 30.1 Å². The molecule has 0 atom stereocenters. The first kappa shape index (κ1) is 13.8. The van der Waals surface area contributed by atoms with Gasteiger partial charge in [0.1, 0.15) is 5.75 Å². The predicted molar refractivity (Wildman–Crippen MR) is 73.8 cm³/mol. The molecule has 0 aliphatic heterocycles. The van der Waals surface area contributed by atoms with Crippen LogP contribution in [0, 0.1) is 0 Å². The van der Waals surface area contributed by atoms with Crippen LogP contribution in [0.4, 0.5) is 5.69 Å². The molecule has 0 saturated heterocycles. The zero-order chi connectivity index (χ0) is 14.5. The van der Waals surface area contributed by atoms with Crippen LogP contribution in [-0.2, 0) is 9.59 Å². The second kappa shape index (κ2) is 6.01. The van der Waals surface area contributed by atoms with E-state index in [0.29, 0.717) is 17.0 Å². The number of amides is 1. The van der Waals surface area contributed by atoms with Crippen molar-refractivity contribution in [3.8, 4) is 5.75 Å². The molecular formula is C14H14N2O4. The summed E-state index contributed by atoms with van der Waals surface area (Å²) in [5.74, 6) is -0.784. The van der Waals surface area contributed by atoms with E-state index in [2.05, 4.69) is 10.3 Å². The lowest BCUT2D eigenvalue weighted by Gasteiger charge is -2.10. The zero-order valence-electron chi connectivity index (χ0n) is 10.9. The molecule has 2 N–H and O–H groups in total. The molecule has 1 heterocycles. The normalized spacial score (nSPS) is 10.2. The molecule has 1 aromatic carbocycles. The van der Waals surface area contributed by atoms with Crippen molar-refractivity contribution in [3.05, 3.63) is 30.5 Å². The number of rotatable bonds is 5. The van der Waals surface area contributed by atoms with Crippen LogP contribution in [0.25, 0.3) is 10.9 Å². The maximum absolute atomic E-state index is 11.7. The number of methoxy groups -OCH3 is 1. The maximum atomic E-state index is 11.7. The Morgan fingerprint density at radius 2 is 2.15 bits per heavy atom. The number of fused-ring (bicyclic) bond motifs is 1. The van der Waals surface area contributed by atoms with Crippen LogP contribution in [0.1, 0.15) is 12.8 Å². The Morgan fingerprint density at radius 3 is 2.85 bits per heavy atom. The lowest BCUT2D eigenvalue weighted by atomic mass is 10.1. The second-order valence-electron chi connectivity index (χ2n) is 4.19. The van der Waals surface area contributed by atoms with Gasteiger partial charge in [-0.1, -0.05) is 0 Å². The minimum Gasteiger partial charge on any atom is -0.497 e. The van der Waals surface area contributed by atoms with Crippen molar-refractivity contribution in [2.45, 2.75) is 12.8 Å². The Labute approximate surface area is 115 Å². The minimum atomic E-state index is -1.00. The Kier molecular flexibility index (Phi) is 4.14. The summed E-state index contributed by atoms with van der Waals surface area (Å²) in [7, 11) is 1.53. The monoisotopic (exact) mass is 274 g/mol. The fraction of sp³-hybridized carbons (Fsp3) is 0.214. The number of aliphatic carboxylic acids is 1. The first-order valence-electron chi connectivity index (χ1n) is 6.04. The van der Waals surface area contributed by atoms with Gasteiger partial charge in [-0.2, -0.15) is 0 Å². The lowest BCUT2D eigenvalue weighted by Crippen LogP contribution is -2.13. The van der Waals surface area contributed by atoms with Gasteiger partial charge in [0.05, 0.1) is 24.7 Å². The number of hydrogen-bond donors (Lipinski definition) is 2. The Morgan fingerprint density at radius 1 is 1.35 bits per heavy atom. The fourth-order valence-corrected chi connectivity index (χ4v) is 1.81. The number of pyridine rings is 1. The maximum Gasteiger partial charge on any atom is 0.303 e. The third kappa shape index (κ3) is 3.23. The Bertz CT molecular complexity index is 655. The van der Waals surface area contributed by atoms with E-state index >= 15 is 0 Å². The zero-order valence-corrected chi connectivity index (χ0v) is 10.9. The summed E-state index contributed by atoms with van der Waals surface area (Å²) < 4.78 is 5.16. The van der Waals surface area contributed by atoms with Crippen molar-refractivity contribution < 1.29 is 19.4 Å². The van der Waals surface area contributed by atoms with E-state index < -0.39 is 5.97 Å². The lowest BCUT2D eigenvalue weighted by molar-refractivity contribution is -0.138. The minimum absolute atomic E-state index is 0.0751. The highest BCUT2D eigenvalue weighted by atomic mass is 16.5. The molecule has 2 aromatic rings. The molecule has 0 saturated carbocycles. The molecule has 0 bridgehead atoms. The van der Waals surface area contributed by atoms with Crippen LogP contribution in [0.5, 0.6) is 5.75 Å². The third-order valence-electron chi connectivity index (χ3n) is 2.77. The first-order valence-corrected chi connectivity index (χ1v) is 6.04. The van der Waals surface area contributed by atoms with Crippen molar-refractivity contribution >= 4 is 28.5 Å². The molecule has 6 nitrogen and oxygen atoms in total. The molecule has 6 heteroatoms. The number of aromatic nitrogens is 1. The molecule has 20 heavy (non-hydrogen) atoms. The fourth-order valence-electron chi connectivity index (χ4n) is 1.81. The quantitative estimate of drug-likeness (QED) is 0.871.